The summed E-state index contributed by atoms with van der Waals surface area (Å²) in [5.41, 5.74) is -0.450. The Kier molecular flexibility index (Phi) is 2.32. The second kappa shape index (κ2) is 3.07. The molecule has 1 N–H and O–H groups in total. The highest BCUT2D eigenvalue weighted by Gasteiger charge is 2.35. The van der Waals surface area contributed by atoms with E-state index in [4.69, 9.17) is 5.11 Å². The smallest absolute Gasteiger partial charge is 0.309 e. The molecule has 2 nitrogen and oxygen atoms in total. The summed E-state index contributed by atoms with van der Waals surface area (Å²) in [6, 6.07) is 0. The molecule has 0 spiro atoms. The minimum absolute atomic E-state index is 0.450. The summed E-state index contributed by atoms with van der Waals surface area (Å²) in [5, 5.41) is 8.95. The lowest BCUT2D eigenvalue weighted by molar-refractivity contribution is -0.149. The molecule has 0 heterocycles. The van der Waals surface area contributed by atoms with Gasteiger partial charge < -0.3 is 5.11 Å². The van der Waals surface area contributed by atoms with Crippen molar-refractivity contribution in [3.63, 3.8) is 0 Å². The van der Waals surface area contributed by atoms with Gasteiger partial charge in [0.05, 0.1) is 5.41 Å². The molecule has 0 saturated heterocycles. The Bertz CT molecular complexity index is 184. The summed E-state index contributed by atoms with van der Waals surface area (Å²) in [7, 11) is 0. The summed E-state index contributed by atoms with van der Waals surface area (Å²) in [4.78, 5) is 10.9. The number of aliphatic carboxylic acids is 1. The van der Waals surface area contributed by atoms with Crippen molar-refractivity contribution in [3.8, 4) is 0 Å². The molecule has 62 valence electrons. The Morgan fingerprint density at radius 3 is 2.64 bits per heavy atom. The number of carboxylic acids is 1. The molecule has 0 amide bonds. The maximum Gasteiger partial charge on any atom is 0.309 e. The van der Waals surface area contributed by atoms with Crippen LogP contribution in [0.2, 0.25) is 0 Å². The Morgan fingerprint density at radius 2 is 2.36 bits per heavy atom. The second-order valence-corrected chi connectivity index (χ2v) is 3.15. The predicted octanol–water partition coefficient (Wildman–Crippen LogP) is 2.21. The second-order valence-electron chi connectivity index (χ2n) is 3.15. The Labute approximate surface area is 66.9 Å². The van der Waals surface area contributed by atoms with Crippen molar-refractivity contribution >= 4 is 5.97 Å². The van der Waals surface area contributed by atoms with Gasteiger partial charge in [0.25, 0.3) is 0 Å². The molecule has 0 bridgehead atoms. The Balaban J connectivity index is 2.75. The molecule has 1 rings (SSSR count). The normalized spacial score (nSPS) is 30.3. The van der Waals surface area contributed by atoms with Gasteiger partial charge in [-0.2, -0.15) is 0 Å². The van der Waals surface area contributed by atoms with Gasteiger partial charge >= 0.3 is 5.97 Å². The topological polar surface area (TPSA) is 37.3 Å². The molecule has 1 aliphatic carbocycles. The lowest BCUT2D eigenvalue weighted by Gasteiger charge is -2.28. The van der Waals surface area contributed by atoms with Crippen LogP contribution >= 0.6 is 0 Å². The summed E-state index contributed by atoms with van der Waals surface area (Å²) >= 11 is 0. The van der Waals surface area contributed by atoms with Crippen molar-refractivity contribution in [1.82, 2.24) is 0 Å². The van der Waals surface area contributed by atoms with Crippen molar-refractivity contribution in [1.29, 1.82) is 0 Å². The van der Waals surface area contributed by atoms with Crippen LogP contribution in [0.15, 0.2) is 12.2 Å². The molecule has 11 heavy (non-hydrogen) atoms. The van der Waals surface area contributed by atoms with E-state index in [0.29, 0.717) is 6.42 Å². The van der Waals surface area contributed by atoms with E-state index in [1.165, 1.54) is 0 Å². The first-order chi connectivity index (χ1) is 5.21. The van der Waals surface area contributed by atoms with Crippen molar-refractivity contribution in [2.75, 3.05) is 0 Å². The fourth-order valence-electron chi connectivity index (χ4n) is 1.56. The molecule has 0 aromatic heterocycles. The molecule has 2 heteroatoms. The van der Waals surface area contributed by atoms with Gasteiger partial charge in [-0.05, 0) is 25.7 Å². The van der Waals surface area contributed by atoms with Gasteiger partial charge in [-0.3, -0.25) is 4.79 Å². The predicted molar refractivity (Wildman–Crippen MR) is 43.4 cm³/mol. The molecule has 0 fully saturated rings. The SMILES string of the molecule is CC[C@]1(C(=O)O)CC=CCC1. The van der Waals surface area contributed by atoms with E-state index in [1.807, 2.05) is 13.0 Å². The van der Waals surface area contributed by atoms with Crippen LogP contribution in [0.5, 0.6) is 0 Å². The molecule has 0 radical (unpaired) electrons. The number of carbonyl (C=O) groups is 1. The fourth-order valence-corrected chi connectivity index (χ4v) is 1.56. The van der Waals surface area contributed by atoms with Crippen molar-refractivity contribution in [3.05, 3.63) is 12.2 Å². The largest absolute Gasteiger partial charge is 0.481 e. The summed E-state index contributed by atoms with van der Waals surface area (Å²) < 4.78 is 0. The standard InChI is InChI=1S/C9H14O2/c1-2-9(8(10)11)6-4-3-5-7-9/h3-4H,2,5-7H2,1H3,(H,10,11)/t9-/m0/s1. The molecular formula is C9H14O2. The first-order valence-electron chi connectivity index (χ1n) is 4.10. The number of carboxylic acid groups (broad SMARTS) is 1. The van der Waals surface area contributed by atoms with Gasteiger partial charge in [0.15, 0.2) is 0 Å². The Hall–Kier alpha value is -0.790. The van der Waals surface area contributed by atoms with Crippen LogP contribution in [0.1, 0.15) is 32.6 Å². The third-order valence-electron chi connectivity index (χ3n) is 2.60. The van der Waals surface area contributed by atoms with Crippen LogP contribution in [0, 0.1) is 5.41 Å². The average Bonchev–Trinajstić information content (AvgIpc) is 2.05. The van der Waals surface area contributed by atoms with Crippen LogP contribution in [0.25, 0.3) is 0 Å². The Morgan fingerprint density at radius 1 is 1.64 bits per heavy atom. The van der Waals surface area contributed by atoms with E-state index in [1.54, 1.807) is 0 Å². The number of hydrogen-bond donors (Lipinski definition) is 1. The zero-order chi connectivity index (χ0) is 8.32. The zero-order valence-corrected chi connectivity index (χ0v) is 6.84. The van der Waals surface area contributed by atoms with Crippen LogP contribution in [0.4, 0.5) is 0 Å². The van der Waals surface area contributed by atoms with Gasteiger partial charge in [-0.1, -0.05) is 19.1 Å². The van der Waals surface area contributed by atoms with Crippen LogP contribution < -0.4 is 0 Å². The van der Waals surface area contributed by atoms with E-state index in [2.05, 4.69) is 6.08 Å². The lowest BCUT2D eigenvalue weighted by Crippen LogP contribution is -2.30. The average molecular weight is 154 g/mol. The third-order valence-corrected chi connectivity index (χ3v) is 2.60. The van der Waals surface area contributed by atoms with E-state index in [9.17, 15) is 4.79 Å². The highest BCUT2D eigenvalue weighted by Crippen LogP contribution is 2.35. The van der Waals surface area contributed by atoms with Crippen LogP contribution in [-0.4, -0.2) is 11.1 Å². The highest BCUT2D eigenvalue weighted by molar-refractivity contribution is 5.75. The van der Waals surface area contributed by atoms with Gasteiger partial charge in [0, 0.05) is 0 Å². The van der Waals surface area contributed by atoms with E-state index < -0.39 is 11.4 Å². The maximum atomic E-state index is 10.9. The molecule has 0 aromatic rings. The maximum absolute atomic E-state index is 10.9. The monoisotopic (exact) mass is 154 g/mol. The molecular weight excluding hydrogens is 140 g/mol. The summed E-state index contributed by atoms with van der Waals surface area (Å²) in [5.74, 6) is -0.635. The number of hydrogen-bond acceptors (Lipinski definition) is 1. The lowest BCUT2D eigenvalue weighted by atomic mass is 9.75. The third kappa shape index (κ3) is 1.44. The van der Waals surface area contributed by atoms with E-state index >= 15 is 0 Å². The first-order valence-corrected chi connectivity index (χ1v) is 4.10. The highest BCUT2D eigenvalue weighted by atomic mass is 16.4. The zero-order valence-electron chi connectivity index (χ0n) is 6.84. The molecule has 0 unspecified atom stereocenters. The quantitative estimate of drug-likeness (QED) is 0.619. The van der Waals surface area contributed by atoms with Gasteiger partial charge in [0.1, 0.15) is 0 Å². The van der Waals surface area contributed by atoms with Gasteiger partial charge in [-0.25, -0.2) is 0 Å². The van der Waals surface area contributed by atoms with Crippen LogP contribution in [-0.2, 0) is 4.79 Å². The van der Waals surface area contributed by atoms with Crippen LogP contribution in [0.3, 0.4) is 0 Å². The van der Waals surface area contributed by atoms with Gasteiger partial charge in [-0.15, -0.1) is 0 Å². The fraction of sp³-hybridized carbons (Fsp3) is 0.667. The molecule has 1 atom stereocenters. The van der Waals surface area contributed by atoms with Crippen molar-refractivity contribution in [2.24, 2.45) is 5.41 Å². The van der Waals surface area contributed by atoms with E-state index in [0.717, 1.165) is 19.3 Å². The molecule has 0 aromatic carbocycles. The first kappa shape index (κ1) is 8.31. The van der Waals surface area contributed by atoms with Crippen molar-refractivity contribution < 1.29 is 9.90 Å². The molecule has 1 aliphatic rings. The number of allylic oxidation sites excluding steroid dienone is 2. The van der Waals surface area contributed by atoms with Crippen molar-refractivity contribution in [2.45, 2.75) is 32.6 Å². The molecule has 0 aliphatic heterocycles. The summed E-state index contributed by atoms with van der Waals surface area (Å²) in [6.45, 7) is 1.95. The van der Waals surface area contributed by atoms with Gasteiger partial charge in [0.2, 0.25) is 0 Å². The molecule has 0 saturated carbocycles. The summed E-state index contributed by atoms with van der Waals surface area (Å²) in [6.07, 6.45) is 7.22. The minimum Gasteiger partial charge on any atom is -0.481 e. The van der Waals surface area contributed by atoms with E-state index in [-0.39, 0.29) is 0 Å². The number of rotatable bonds is 2. The minimum atomic E-state index is -0.635.